The van der Waals surface area contributed by atoms with Gasteiger partial charge in [0, 0.05) is 38.4 Å². The quantitative estimate of drug-likeness (QED) is 0.693. The molecule has 168 valence electrons. The van der Waals surface area contributed by atoms with Crippen LogP contribution in [0.1, 0.15) is 5.56 Å². The van der Waals surface area contributed by atoms with E-state index in [1.54, 1.807) is 0 Å². The van der Waals surface area contributed by atoms with Crippen LogP contribution in [0.15, 0.2) is 44.9 Å². The van der Waals surface area contributed by atoms with Crippen LogP contribution in [0.5, 0.6) is 0 Å². The van der Waals surface area contributed by atoms with Gasteiger partial charge < -0.3 is 4.90 Å². The number of aromatic nitrogens is 2. The van der Waals surface area contributed by atoms with Crippen LogP contribution in [0.25, 0.3) is 0 Å². The predicted molar refractivity (Wildman–Crippen MR) is 103 cm³/mol. The van der Waals surface area contributed by atoms with Gasteiger partial charge in [0.2, 0.25) is 15.9 Å². The molecular formula is C17H16ClF3N4O5S. The van der Waals surface area contributed by atoms with E-state index in [4.69, 9.17) is 11.6 Å². The SMILES string of the molecule is O=C(Cn1ccc(=O)[nH]c1=O)N1CCN(S(=O)(=O)c2cc(C(F)(F)F)ccc2Cl)CC1. The average molecular weight is 481 g/mol. The van der Waals surface area contributed by atoms with Crippen LogP contribution in [-0.4, -0.2) is 59.3 Å². The van der Waals surface area contributed by atoms with Gasteiger partial charge in [0.25, 0.3) is 5.56 Å². The van der Waals surface area contributed by atoms with E-state index in [1.165, 1.54) is 4.90 Å². The number of nitrogens with zero attached hydrogens (tertiary/aromatic N) is 3. The Kier molecular flexibility index (Phi) is 6.30. The number of H-pyrrole nitrogens is 1. The molecule has 2 aromatic rings. The molecule has 1 aliphatic heterocycles. The fourth-order valence-electron chi connectivity index (χ4n) is 3.01. The van der Waals surface area contributed by atoms with Crippen LogP contribution in [0, 0.1) is 0 Å². The lowest BCUT2D eigenvalue weighted by Crippen LogP contribution is -2.51. The number of rotatable bonds is 4. The normalized spacial score (nSPS) is 15.8. The van der Waals surface area contributed by atoms with Gasteiger partial charge in [-0.15, -0.1) is 0 Å². The first-order valence-corrected chi connectivity index (χ1v) is 10.7. The van der Waals surface area contributed by atoms with Crippen molar-refractivity contribution in [1.82, 2.24) is 18.8 Å². The molecule has 0 aliphatic carbocycles. The number of sulfonamides is 1. The number of hydrogen-bond donors (Lipinski definition) is 1. The van der Waals surface area contributed by atoms with Crippen LogP contribution in [0.3, 0.4) is 0 Å². The highest BCUT2D eigenvalue weighted by Gasteiger charge is 2.35. The smallest absolute Gasteiger partial charge is 0.338 e. The van der Waals surface area contributed by atoms with E-state index in [0.29, 0.717) is 12.1 Å². The van der Waals surface area contributed by atoms with E-state index in [1.807, 2.05) is 4.98 Å². The second-order valence-electron chi connectivity index (χ2n) is 6.67. The molecule has 0 atom stereocenters. The maximum absolute atomic E-state index is 13.0. The molecule has 1 N–H and O–H groups in total. The Bertz CT molecular complexity index is 1220. The minimum Gasteiger partial charge on any atom is -0.338 e. The highest BCUT2D eigenvalue weighted by atomic mass is 35.5. The molecule has 0 unspecified atom stereocenters. The van der Waals surface area contributed by atoms with Crippen molar-refractivity contribution in [2.24, 2.45) is 0 Å². The van der Waals surface area contributed by atoms with Gasteiger partial charge in [-0.05, 0) is 18.2 Å². The van der Waals surface area contributed by atoms with Crippen molar-refractivity contribution in [2.75, 3.05) is 26.2 Å². The van der Waals surface area contributed by atoms with Crippen LogP contribution in [-0.2, 0) is 27.5 Å². The zero-order chi connectivity index (χ0) is 23.0. The monoisotopic (exact) mass is 480 g/mol. The van der Waals surface area contributed by atoms with E-state index in [2.05, 4.69) is 0 Å². The molecule has 1 aromatic heterocycles. The topological polar surface area (TPSA) is 113 Å². The third-order valence-electron chi connectivity index (χ3n) is 4.67. The molecule has 3 rings (SSSR count). The molecule has 1 aromatic carbocycles. The molecule has 31 heavy (non-hydrogen) atoms. The van der Waals surface area contributed by atoms with Crippen LogP contribution in [0.2, 0.25) is 5.02 Å². The summed E-state index contributed by atoms with van der Waals surface area (Å²) in [5.74, 6) is -0.483. The Balaban J connectivity index is 1.72. The fourth-order valence-corrected chi connectivity index (χ4v) is 4.93. The Morgan fingerprint density at radius 3 is 2.32 bits per heavy atom. The molecule has 1 amide bonds. The minimum atomic E-state index is -4.74. The first-order valence-electron chi connectivity index (χ1n) is 8.84. The first-order chi connectivity index (χ1) is 14.4. The van der Waals surface area contributed by atoms with E-state index >= 15 is 0 Å². The Labute approximate surface area is 178 Å². The maximum Gasteiger partial charge on any atom is 0.416 e. The van der Waals surface area contributed by atoms with Gasteiger partial charge in [-0.3, -0.25) is 19.1 Å². The zero-order valence-electron chi connectivity index (χ0n) is 15.7. The fraction of sp³-hybridized carbons (Fsp3) is 0.353. The molecule has 0 bridgehead atoms. The maximum atomic E-state index is 13.0. The number of carbonyl (C=O) groups is 1. The van der Waals surface area contributed by atoms with Gasteiger partial charge in [0.15, 0.2) is 0 Å². The van der Waals surface area contributed by atoms with Crippen molar-refractivity contribution < 1.29 is 26.4 Å². The van der Waals surface area contributed by atoms with E-state index in [0.717, 1.165) is 27.2 Å². The Morgan fingerprint density at radius 1 is 1.10 bits per heavy atom. The number of amides is 1. The number of benzene rings is 1. The van der Waals surface area contributed by atoms with Gasteiger partial charge >= 0.3 is 11.9 Å². The molecule has 2 heterocycles. The summed E-state index contributed by atoms with van der Waals surface area (Å²) in [6.07, 6.45) is -3.57. The second-order valence-corrected chi connectivity index (χ2v) is 8.98. The zero-order valence-corrected chi connectivity index (χ0v) is 17.3. The lowest BCUT2D eigenvalue weighted by molar-refractivity contribution is -0.137. The van der Waals surface area contributed by atoms with Crippen LogP contribution >= 0.6 is 11.6 Å². The standard InChI is InChI=1S/C17H16ClF3N4O5S/c18-12-2-1-11(17(19,20)21)9-13(12)31(29,30)25-7-5-23(6-8-25)15(27)10-24-4-3-14(26)22-16(24)28/h1-4,9H,5-8,10H2,(H,22,26,28). The number of halogens is 4. The van der Waals surface area contributed by atoms with Gasteiger partial charge in [-0.2, -0.15) is 17.5 Å². The van der Waals surface area contributed by atoms with Gasteiger partial charge in [-0.25, -0.2) is 13.2 Å². The number of nitrogens with one attached hydrogen (secondary N) is 1. The minimum absolute atomic E-state index is 0.0350. The number of aromatic amines is 1. The molecule has 0 spiro atoms. The summed E-state index contributed by atoms with van der Waals surface area (Å²) in [6, 6.07) is 3.13. The number of carbonyl (C=O) groups excluding carboxylic acids is 1. The second kappa shape index (κ2) is 8.48. The van der Waals surface area contributed by atoms with Crippen molar-refractivity contribution in [3.8, 4) is 0 Å². The molecule has 1 saturated heterocycles. The lowest BCUT2D eigenvalue weighted by atomic mass is 10.2. The average Bonchev–Trinajstić information content (AvgIpc) is 2.69. The van der Waals surface area contributed by atoms with Gasteiger partial charge in [0.1, 0.15) is 11.4 Å². The summed E-state index contributed by atoms with van der Waals surface area (Å²) < 4.78 is 66.5. The Morgan fingerprint density at radius 2 is 1.74 bits per heavy atom. The van der Waals surface area contributed by atoms with Crippen molar-refractivity contribution in [3.05, 3.63) is 61.9 Å². The highest BCUT2D eigenvalue weighted by Crippen LogP contribution is 2.34. The highest BCUT2D eigenvalue weighted by molar-refractivity contribution is 7.89. The molecule has 9 nitrogen and oxygen atoms in total. The lowest BCUT2D eigenvalue weighted by Gasteiger charge is -2.34. The summed E-state index contributed by atoms with van der Waals surface area (Å²) in [6.45, 7) is -0.760. The molecule has 1 aliphatic rings. The van der Waals surface area contributed by atoms with Crippen molar-refractivity contribution in [3.63, 3.8) is 0 Å². The van der Waals surface area contributed by atoms with Gasteiger partial charge in [-0.1, -0.05) is 11.6 Å². The van der Waals surface area contributed by atoms with E-state index in [9.17, 15) is 36.0 Å². The van der Waals surface area contributed by atoms with Gasteiger partial charge in [0.05, 0.1) is 10.6 Å². The molecule has 14 heteroatoms. The predicted octanol–water partition coefficient (Wildman–Crippen LogP) is 0.742. The first kappa shape index (κ1) is 23.0. The largest absolute Gasteiger partial charge is 0.416 e. The van der Waals surface area contributed by atoms with Crippen LogP contribution < -0.4 is 11.2 Å². The molecule has 0 radical (unpaired) electrons. The number of hydrogen-bond acceptors (Lipinski definition) is 5. The summed E-state index contributed by atoms with van der Waals surface area (Å²) in [7, 11) is -4.33. The third-order valence-corrected chi connectivity index (χ3v) is 7.05. The molecule has 0 saturated carbocycles. The summed E-state index contributed by atoms with van der Waals surface area (Å²) >= 11 is 5.85. The summed E-state index contributed by atoms with van der Waals surface area (Å²) in [5.41, 5.74) is -2.52. The summed E-state index contributed by atoms with van der Waals surface area (Å²) in [5, 5.41) is -0.344. The summed E-state index contributed by atoms with van der Waals surface area (Å²) in [4.78, 5) is 37.8. The van der Waals surface area contributed by atoms with E-state index in [-0.39, 0.29) is 37.7 Å². The third kappa shape index (κ3) is 4.99. The van der Waals surface area contributed by atoms with E-state index < -0.39 is 43.8 Å². The van der Waals surface area contributed by atoms with Crippen molar-refractivity contribution in [1.29, 1.82) is 0 Å². The number of piperazine rings is 1. The molecular weight excluding hydrogens is 465 g/mol. The molecule has 1 fully saturated rings. The van der Waals surface area contributed by atoms with Crippen molar-refractivity contribution in [2.45, 2.75) is 17.6 Å². The van der Waals surface area contributed by atoms with Crippen molar-refractivity contribution >= 4 is 27.5 Å². The van der Waals surface area contributed by atoms with Crippen LogP contribution in [0.4, 0.5) is 13.2 Å². The number of alkyl halides is 3. The Hall–Kier alpha value is -2.64.